The molecule has 0 unspecified atom stereocenters. The minimum atomic E-state index is -0.967. The Bertz CT molecular complexity index is 945. The standard InChI is InChI=1S/C26H32N2O5/c1-3-9-17(15-24(29)30)27-25(31)23(10-4-2)28-26(32)33-16-22-20-13-7-5-11-18(20)19-12-6-8-14-21(19)22/h5-8,11-14,17,22-23H,3-4,9-10,15-16H2,1-2H3,(H,27,31)(H,28,32)(H,29,30)/t17-,23-/m0/s1. The molecule has 33 heavy (non-hydrogen) atoms. The van der Waals surface area contributed by atoms with E-state index < -0.39 is 24.1 Å². The Morgan fingerprint density at radius 3 is 2.03 bits per heavy atom. The lowest BCUT2D eigenvalue weighted by Gasteiger charge is -2.22. The molecule has 3 N–H and O–H groups in total. The van der Waals surface area contributed by atoms with Crippen LogP contribution in [-0.2, 0) is 14.3 Å². The van der Waals surface area contributed by atoms with Gasteiger partial charge in [0, 0.05) is 12.0 Å². The van der Waals surface area contributed by atoms with Gasteiger partial charge in [-0.1, -0.05) is 75.2 Å². The number of nitrogens with one attached hydrogen (secondary N) is 2. The molecule has 0 aromatic heterocycles. The van der Waals surface area contributed by atoms with E-state index >= 15 is 0 Å². The van der Waals surface area contributed by atoms with Crippen molar-refractivity contribution < 1.29 is 24.2 Å². The Morgan fingerprint density at radius 2 is 1.48 bits per heavy atom. The van der Waals surface area contributed by atoms with Crippen molar-refractivity contribution in [3.63, 3.8) is 0 Å². The third-order valence-electron chi connectivity index (χ3n) is 5.93. The first-order valence-corrected chi connectivity index (χ1v) is 11.6. The largest absolute Gasteiger partial charge is 0.481 e. The average Bonchev–Trinajstić information content (AvgIpc) is 3.11. The molecule has 0 saturated heterocycles. The van der Waals surface area contributed by atoms with Gasteiger partial charge in [0.2, 0.25) is 5.91 Å². The summed E-state index contributed by atoms with van der Waals surface area (Å²) in [4.78, 5) is 36.4. The van der Waals surface area contributed by atoms with Crippen molar-refractivity contribution in [2.24, 2.45) is 0 Å². The van der Waals surface area contributed by atoms with Crippen molar-refractivity contribution in [3.8, 4) is 11.1 Å². The van der Waals surface area contributed by atoms with E-state index in [-0.39, 0.29) is 24.9 Å². The van der Waals surface area contributed by atoms with Crippen molar-refractivity contribution in [3.05, 3.63) is 59.7 Å². The summed E-state index contributed by atoms with van der Waals surface area (Å²) in [6, 6.07) is 14.9. The van der Waals surface area contributed by atoms with Gasteiger partial charge < -0.3 is 20.5 Å². The van der Waals surface area contributed by atoms with Crippen LogP contribution in [0.3, 0.4) is 0 Å². The predicted molar refractivity (Wildman–Crippen MR) is 126 cm³/mol. The molecule has 2 amide bonds. The number of benzene rings is 2. The third-order valence-corrected chi connectivity index (χ3v) is 5.93. The molecular formula is C26H32N2O5. The van der Waals surface area contributed by atoms with Crippen LogP contribution in [0.2, 0.25) is 0 Å². The lowest BCUT2D eigenvalue weighted by atomic mass is 9.98. The molecule has 0 aliphatic heterocycles. The Labute approximate surface area is 194 Å². The summed E-state index contributed by atoms with van der Waals surface area (Å²) in [6.07, 6.45) is 1.61. The molecule has 7 heteroatoms. The smallest absolute Gasteiger partial charge is 0.407 e. The highest BCUT2D eigenvalue weighted by Crippen LogP contribution is 2.44. The van der Waals surface area contributed by atoms with Gasteiger partial charge in [-0.3, -0.25) is 9.59 Å². The van der Waals surface area contributed by atoms with E-state index in [1.807, 2.05) is 50.2 Å². The van der Waals surface area contributed by atoms with Crippen molar-refractivity contribution in [2.45, 2.75) is 64.0 Å². The minimum absolute atomic E-state index is 0.0638. The highest BCUT2D eigenvalue weighted by Gasteiger charge is 2.30. The van der Waals surface area contributed by atoms with Crippen LogP contribution in [0.4, 0.5) is 4.79 Å². The molecule has 2 aromatic rings. The van der Waals surface area contributed by atoms with Gasteiger partial charge in [-0.25, -0.2) is 4.79 Å². The highest BCUT2D eigenvalue weighted by molar-refractivity contribution is 5.86. The van der Waals surface area contributed by atoms with E-state index in [9.17, 15) is 14.4 Å². The fourth-order valence-corrected chi connectivity index (χ4v) is 4.43. The summed E-state index contributed by atoms with van der Waals surface area (Å²) >= 11 is 0. The number of hydrogen-bond acceptors (Lipinski definition) is 4. The first kappa shape index (κ1) is 24.3. The molecule has 7 nitrogen and oxygen atoms in total. The van der Waals surface area contributed by atoms with Crippen LogP contribution in [0.15, 0.2) is 48.5 Å². The summed E-state index contributed by atoms with van der Waals surface area (Å²) in [5, 5.41) is 14.5. The quantitative estimate of drug-likeness (QED) is 0.467. The van der Waals surface area contributed by atoms with Crippen LogP contribution in [0.5, 0.6) is 0 Å². The molecule has 1 aliphatic carbocycles. The molecule has 1 aliphatic rings. The monoisotopic (exact) mass is 452 g/mol. The van der Waals surface area contributed by atoms with E-state index in [1.54, 1.807) is 0 Å². The minimum Gasteiger partial charge on any atom is -0.481 e. The van der Waals surface area contributed by atoms with E-state index in [2.05, 4.69) is 22.8 Å². The molecule has 0 heterocycles. The number of rotatable bonds is 11. The number of hydrogen-bond donors (Lipinski definition) is 3. The number of aliphatic carboxylic acids is 1. The number of carbonyl (C=O) groups excluding carboxylic acids is 2. The van der Waals surface area contributed by atoms with Crippen LogP contribution >= 0.6 is 0 Å². The lowest BCUT2D eigenvalue weighted by molar-refractivity contribution is -0.137. The number of carboxylic acid groups (broad SMARTS) is 1. The molecule has 2 atom stereocenters. The van der Waals surface area contributed by atoms with E-state index in [4.69, 9.17) is 9.84 Å². The molecule has 0 spiro atoms. The number of ether oxygens (including phenoxy) is 1. The topological polar surface area (TPSA) is 105 Å². The molecule has 0 saturated carbocycles. The van der Waals surface area contributed by atoms with Crippen LogP contribution in [0.1, 0.15) is 63.0 Å². The number of fused-ring (bicyclic) bond motifs is 3. The molecule has 0 radical (unpaired) electrons. The van der Waals surface area contributed by atoms with Crippen LogP contribution in [0.25, 0.3) is 11.1 Å². The summed E-state index contributed by atoms with van der Waals surface area (Å²) < 4.78 is 5.56. The van der Waals surface area contributed by atoms with Crippen molar-refractivity contribution >= 4 is 18.0 Å². The Hall–Kier alpha value is -3.35. The Balaban J connectivity index is 1.62. The highest BCUT2D eigenvalue weighted by atomic mass is 16.5. The second-order valence-electron chi connectivity index (χ2n) is 8.40. The molecule has 0 bridgehead atoms. The molecule has 0 fully saturated rings. The van der Waals surface area contributed by atoms with Crippen molar-refractivity contribution in [1.29, 1.82) is 0 Å². The van der Waals surface area contributed by atoms with Gasteiger partial charge in [0.1, 0.15) is 12.6 Å². The fraction of sp³-hybridized carbons (Fsp3) is 0.423. The number of carbonyl (C=O) groups is 3. The molecule has 3 rings (SSSR count). The van der Waals surface area contributed by atoms with Gasteiger partial charge in [0.15, 0.2) is 0 Å². The number of carboxylic acids is 1. The van der Waals surface area contributed by atoms with Crippen LogP contribution in [-0.4, -0.2) is 41.8 Å². The van der Waals surface area contributed by atoms with Crippen LogP contribution in [0, 0.1) is 0 Å². The zero-order valence-electron chi connectivity index (χ0n) is 19.2. The zero-order valence-corrected chi connectivity index (χ0v) is 19.2. The fourth-order valence-electron chi connectivity index (χ4n) is 4.43. The Morgan fingerprint density at radius 1 is 0.909 bits per heavy atom. The van der Waals surface area contributed by atoms with Gasteiger partial charge in [-0.2, -0.15) is 0 Å². The maximum absolute atomic E-state index is 12.7. The Kier molecular flexibility index (Phi) is 8.46. The van der Waals surface area contributed by atoms with E-state index in [0.29, 0.717) is 19.3 Å². The van der Waals surface area contributed by atoms with Gasteiger partial charge in [0.25, 0.3) is 0 Å². The molecule has 2 aromatic carbocycles. The van der Waals surface area contributed by atoms with Crippen molar-refractivity contribution in [1.82, 2.24) is 10.6 Å². The lowest BCUT2D eigenvalue weighted by Crippen LogP contribution is -2.50. The normalized spacial score (nSPS) is 14.0. The predicted octanol–water partition coefficient (Wildman–Crippen LogP) is 4.45. The molecular weight excluding hydrogens is 420 g/mol. The molecule has 176 valence electrons. The summed E-state index contributed by atoms with van der Waals surface area (Å²) in [5.41, 5.74) is 4.52. The summed E-state index contributed by atoms with van der Waals surface area (Å²) in [6.45, 7) is 4.01. The van der Waals surface area contributed by atoms with Crippen molar-refractivity contribution in [2.75, 3.05) is 6.61 Å². The average molecular weight is 453 g/mol. The maximum Gasteiger partial charge on any atom is 0.407 e. The zero-order chi connectivity index (χ0) is 23.8. The summed E-state index contributed by atoms with van der Waals surface area (Å²) in [7, 11) is 0. The number of amides is 2. The SMILES string of the molecule is CCC[C@@H](CC(=O)O)NC(=O)[C@H](CCC)NC(=O)OCC1c2ccccc2-c2ccccc21. The first-order valence-electron chi connectivity index (χ1n) is 11.6. The van der Waals surface area contributed by atoms with E-state index in [0.717, 1.165) is 28.7 Å². The van der Waals surface area contributed by atoms with Gasteiger partial charge >= 0.3 is 12.1 Å². The third kappa shape index (κ3) is 6.12. The van der Waals surface area contributed by atoms with Gasteiger partial charge in [-0.15, -0.1) is 0 Å². The second kappa shape index (κ2) is 11.5. The van der Waals surface area contributed by atoms with Gasteiger partial charge in [0.05, 0.1) is 6.42 Å². The number of alkyl carbamates (subject to hydrolysis) is 1. The van der Waals surface area contributed by atoms with Crippen LogP contribution < -0.4 is 10.6 Å². The maximum atomic E-state index is 12.7. The summed E-state index contributed by atoms with van der Waals surface area (Å²) in [5.74, 6) is -1.42. The van der Waals surface area contributed by atoms with Gasteiger partial charge in [-0.05, 0) is 35.1 Å². The van der Waals surface area contributed by atoms with E-state index in [1.165, 1.54) is 0 Å². The first-order chi connectivity index (χ1) is 15.9. The second-order valence-corrected chi connectivity index (χ2v) is 8.40.